The van der Waals surface area contributed by atoms with E-state index in [-0.39, 0.29) is 17.1 Å². The minimum absolute atomic E-state index is 0.0379. The van der Waals surface area contributed by atoms with Crippen molar-refractivity contribution in [2.75, 3.05) is 6.54 Å². The minimum Gasteiger partial charge on any atom is -0.393 e. The third kappa shape index (κ3) is 4.58. The number of nitro benzene ring substituents is 1. The molecule has 106 valence electrons. The summed E-state index contributed by atoms with van der Waals surface area (Å²) in [4.78, 5) is 9.82. The van der Waals surface area contributed by atoms with Crippen LogP contribution in [0.25, 0.3) is 0 Å². The number of aliphatic hydroxyl groups excluding tert-OH is 1. The van der Waals surface area contributed by atoms with Gasteiger partial charge in [-0.1, -0.05) is 6.92 Å². The van der Waals surface area contributed by atoms with Crippen LogP contribution in [0.1, 0.15) is 19.8 Å². The molecule has 0 aliphatic carbocycles. The van der Waals surface area contributed by atoms with E-state index in [0.717, 1.165) is 12.1 Å². The summed E-state index contributed by atoms with van der Waals surface area (Å²) in [5.41, 5.74) is -0.166. The maximum absolute atomic E-state index is 11.8. The van der Waals surface area contributed by atoms with Gasteiger partial charge in [-0.05, 0) is 25.0 Å². The highest BCUT2D eigenvalue weighted by Gasteiger charge is 2.15. The second kappa shape index (κ2) is 6.60. The summed E-state index contributed by atoms with van der Waals surface area (Å²) < 4.78 is 26.0. The number of aliphatic hydroxyl groups is 1. The van der Waals surface area contributed by atoms with E-state index in [1.54, 1.807) is 6.92 Å². The van der Waals surface area contributed by atoms with Crippen molar-refractivity contribution in [1.82, 2.24) is 4.72 Å². The Morgan fingerprint density at radius 1 is 1.37 bits per heavy atom. The van der Waals surface area contributed by atoms with Crippen LogP contribution in [0.3, 0.4) is 0 Å². The Hall–Kier alpha value is -1.51. The standard InChI is InChI=1S/C11H16N2O5S/c1-2-10(14)7-8-12-19(17,18)11-5-3-9(4-6-11)13(15)16/h3-6,10,12,14H,2,7-8H2,1H3. The first-order valence-electron chi connectivity index (χ1n) is 5.79. The number of rotatable bonds is 7. The fourth-order valence-corrected chi connectivity index (χ4v) is 2.44. The van der Waals surface area contributed by atoms with Gasteiger partial charge in [0.05, 0.1) is 15.9 Å². The molecule has 0 amide bonds. The zero-order chi connectivity index (χ0) is 14.5. The summed E-state index contributed by atoms with van der Waals surface area (Å²) in [6, 6.07) is 4.62. The molecule has 0 fully saturated rings. The molecule has 0 radical (unpaired) electrons. The number of hydrogen-bond acceptors (Lipinski definition) is 5. The number of non-ortho nitro benzene ring substituents is 1. The summed E-state index contributed by atoms with van der Waals surface area (Å²) >= 11 is 0. The van der Waals surface area contributed by atoms with Crippen molar-refractivity contribution in [2.45, 2.75) is 30.8 Å². The highest BCUT2D eigenvalue weighted by atomic mass is 32.2. The van der Waals surface area contributed by atoms with Gasteiger partial charge in [-0.3, -0.25) is 10.1 Å². The minimum atomic E-state index is -3.69. The quantitative estimate of drug-likeness (QED) is 0.575. The molecule has 0 aliphatic heterocycles. The smallest absolute Gasteiger partial charge is 0.269 e. The molecular weight excluding hydrogens is 272 g/mol. The van der Waals surface area contributed by atoms with Gasteiger partial charge in [-0.15, -0.1) is 0 Å². The summed E-state index contributed by atoms with van der Waals surface area (Å²) in [6.07, 6.45) is 0.335. The van der Waals surface area contributed by atoms with Crippen LogP contribution in [0, 0.1) is 10.1 Å². The van der Waals surface area contributed by atoms with Crippen LogP contribution in [-0.2, 0) is 10.0 Å². The van der Waals surface area contributed by atoms with E-state index in [0.29, 0.717) is 12.8 Å². The van der Waals surface area contributed by atoms with Crippen molar-refractivity contribution in [3.63, 3.8) is 0 Å². The van der Waals surface area contributed by atoms with Gasteiger partial charge in [0.1, 0.15) is 0 Å². The van der Waals surface area contributed by atoms with Crippen molar-refractivity contribution >= 4 is 15.7 Å². The molecular formula is C11H16N2O5S. The molecule has 1 unspecified atom stereocenters. The average molecular weight is 288 g/mol. The van der Waals surface area contributed by atoms with E-state index in [9.17, 15) is 23.6 Å². The fraction of sp³-hybridized carbons (Fsp3) is 0.455. The van der Waals surface area contributed by atoms with E-state index in [4.69, 9.17) is 0 Å². The Bertz CT molecular complexity index is 527. The number of nitrogens with one attached hydrogen (secondary N) is 1. The predicted octanol–water partition coefficient (Wildman–Crippen LogP) is 1.03. The Morgan fingerprint density at radius 3 is 2.42 bits per heavy atom. The van der Waals surface area contributed by atoms with E-state index in [1.165, 1.54) is 12.1 Å². The number of nitrogens with zero attached hydrogens (tertiary/aromatic N) is 1. The molecule has 8 heteroatoms. The first-order valence-corrected chi connectivity index (χ1v) is 7.27. The van der Waals surface area contributed by atoms with Gasteiger partial charge in [0.2, 0.25) is 10.0 Å². The molecule has 0 bridgehead atoms. The molecule has 0 aliphatic rings. The molecule has 0 heterocycles. The lowest BCUT2D eigenvalue weighted by molar-refractivity contribution is -0.384. The topological polar surface area (TPSA) is 110 Å². The van der Waals surface area contributed by atoms with Crippen molar-refractivity contribution in [2.24, 2.45) is 0 Å². The van der Waals surface area contributed by atoms with Crippen LogP contribution in [0.15, 0.2) is 29.2 Å². The maximum Gasteiger partial charge on any atom is 0.269 e. The second-order valence-electron chi connectivity index (χ2n) is 4.00. The van der Waals surface area contributed by atoms with Crippen molar-refractivity contribution in [3.8, 4) is 0 Å². The van der Waals surface area contributed by atoms with E-state index >= 15 is 0 Å². The van der Waals surface area contributed by atoms with Gasteiger partial charge in [-0.25, -0.2) is 13.1 Å². The molecule has 1 aromatic rings. The molecule has 1 atom stereocenters. The van der Waals surface area contributed by atoms with Crippen LogP contribution in [-0.4, -0.2) is 31.1 Å². The van der Waals surface area contributed by atoms with Crippen molar-refractivity contribution in [1.29, 1.82) is 0 Å². The van der Waals surface area contributed by atoms with Gasteiger partial charge in [0.15, 0.2) is 0 Å². The van der Waals surface area contributed by atoms with Crippen LogP contribution < -0.4 is 4.72 Å². The lowest BCUT2D eigenvalue weighted by atomic mass is 10.2. The van der Waals surface area contributed by atoms with E-state index in [1.807, 2.05) is 0 Å². The molecule has 1 aromatic carbocycles. The monoisotopic (exact) mass is 288 g/mol. The van der Waals surface area contributed by atoms with E-state index < -0.39 is 21.1 Å². The predicted molar refractivity (Wildman–Crippen MR) is 69.2 cm³/mol. The van der Waals surface area contributed by atoms with Crippen LogP contribution in [0.2, 0.25) is 0 Å². The molecule has 0 spiro atoms. The number of nitro groups is 1. The summed E-state index contributed by atoms with van der Waals surface area (Å²) in [6.45, 7) is 1.92. The summed E-state index contributed by atoms with van der Waals surface area (Å²) in [5, 5.41) is 19.8. The van der Waals surface area contributed by atoms with Crippen LogP contribution in [0.5, 0.6) is 0 Å². The molecule has 1 rings (SSSR count). The lowest BCUT2D eigenvalue weighted by Crippen LogP contribution is -2.27. The van der Waals surface area contributed by atoms with Gasteiger partial charge in [-0.2, -0.15) is 0 Å². The molecule has 0 aromatic heterocycles. The molecule has 19 heavy (non-hydrogen) atoms. The zero-order valence-electron chi connectivity index (χ0n) is 10.4. The Kier molecular flexibility index (Phi) is 5.40. The highest BCUT2D eigenvalue weighted by Crippen LogP contribution is 2.15. The zero-order valence-corrected chi connectivity index (χ0v) is 11.3. The Labute approximate surface area is 111 Å². The Morgan fingerprint density at radius 2 is 1.95 bits per heavy atom. The maximum atomic E-state index is 11.8. The first-order chi connectivity index (χ1) is 8.86. The first kappa shape index (κ1) is 15.5. The van der Waals surface area contributed by atoms with Crippen LogP contribution in [0.4, 0.5) is 5.69 Å². The SMILES string of the molecule is CCC(O)CCNS(=O)(=O)c1ccc([N+](=O)[O-])cc1. The molecule has 7 nitrogen and oxygen atoms in total. The normalized spacial score (nSPS) is 13.2. The summed E-state index contributed by atoms with van der Waals surface area (Å²) in [7, 11) is -3.69. The molecule has 0 saturated carbocycles. The second-order valence-corrected chi connectivity index (χ2v) is 5.77. The summed E-state index contributed by atoms with van der Waals surface area (Å²) in [5.74, 6) is 0. The van der Waals surface area contributed by atoms with Gasteiger partial charge in [0.25, 0.3) is 5.69 Å². The van der Waals surface area contributed by atoms with Crippen molar-refractivity contribution < 1.29 is 18.4 Å². The molecule has 2 N–H and O–H groups in total. The fourth-order valence-electron chi connectivity index (χ4n) is 1.39. The lowest BCUT2D eigenvalue weighted by Gasteiger charge is -2.09. The largest absolute Gasteiger partial charge is 0.393 e. The average Bonchev–Trinajstić information content (AvgIpc) is 2.38. The van der Waals surface area contributed by atoms with Crippen LogP contribution >= 0.6 is 0 Å². The number of benzene rings is 1. The number of sulfonamides is 1. The van der Waals surface area contributed by atoms with Gasteiger partial charge in [0, 0.05) is 18.7 Å². The third-order valence-corrected chi connectivity index (χ3v) is 4.08. The number of hydrogen-bond donors (Lipinski definition) is 2. The third-order valence-electron chi connectivity index (χ3n) is 2.60. The molecule has 0 saturated heterocycles. The van der Waals surface area contributed by atoms with Gasteiger partial charge >= 0.3 is 0 Å². The Balaban J connectivity index is 2.69. The highest BCUT2D eigenvalue weighted by molar-refractivity contribution is 7.89. The van der Waals surface area contributed by atoms with E-state index in [2.05, 4.69) is 4.72 Å². The van der Waals surface area contributed by atoms with Gasteiger partial charge < -0.3 is 5.11 Å². The van der Waals surface area contributed by atoms with Crippen molar-refractivity contribution in [3.05, 3.63) is 34.4 Å².